The molecule has 0 aromatic carbocycles. The Balaban J connectivity index is 1.52. The fourth-order valence-electron chi connectivity index (χ4n) is 4.86. The van der Waals surface area contributed by atoms with Crippen LogP contribution < -0.4 is 0 Å². The van der Waals surface area contributed by atoms with Crippen molar-refractivity contribution in [1.82, 2.24) is 9.80 Å². The highest BCUT2D eigenvalue weighted by Crippen LogP contribution is 2.33. The van der Waals surface area contributed by atoms with Crippen LogP contribution in [0.2, 0.25) is 0 Å². The molecule has 2 aliphatic carbocycles. The number of aliphatic hydroxyl groups excluding tert-OH is 1. The average molecular weight is 294 g/mol. The van der Waals surface area contributed by atoms with Gasteiger partial charge in [-0.3, -0.25) is 9.80 Å². The summed E-state index contributed by atoms with van der Waals surface area (Å²) in [6.07, 6.45) is 9.06. The van der Waals surface area contributed by atoms with Gasteiger partial charge in [0.1, 0.15) is 0 Å². The van der Waals surface area contributed by atoms with Crippen LogP contribution in [0.4, 0.5) is 0 Å². The Kier molecular flexibility index (Phi) is 5.23. The smallest absolute Gasteiger partial charge is 0.0695 e. The molecule has 3 nitrogen and oxygen atoms in total. The maximum absolute atomic E-state index is 10.4. The molecule has 3 heteroatoms. The van der Waals surface area contributed by atoms with Crippen molar-refractivity contribution in [2.24, 2.45) is 11.8 Å². The van der Waals surface area contributed by atoms with E-state index in [9.17, 15) is 5.11 Å². The second kappa shape index (κ2) is 6.97. The van der Waals surface area contributed by atoms with Crippen LogP contribution in [0.1, 0.15) is 58.8 Å². The summed E-state index contributed by atoms with van der Waals surface area (Å²) in [6.45, 7) is 9.47. The van der Waals surface area contributed by atoms with Crippen molar-refractivity contribution in [3.05, 3.63) is 0 Å². The lowest BCUT2D eigenvalue weighted by molar-refractivity contribution is -0.0280. The number of rotatable bonds is 3. The van der Waals surface area contributed by atoms with Gasteiger partial charge in [-0.05, 0) is 43.9 Å². The molecular weight excluding hydrogens is 260 g/mol. The number of nitrogens with zero attached hydrogens (tertiary/aromatic N) is 2. The molecule has 2 saturated carbocycles. The standard InChI is InChI=1S/C18H34N2O/c1-14(2)15-7-8-18(21)17(13-15)20-11-9-19(10-12-20)16-5-3-4-6-16/h14-18,21H,3-13H2,1-2H3. The summed E-state index contributed by atoms with van der Waals surface area (Å²) in [5, 5.41) is 10.4. The van der Waals surface area contributed by atoms with Crippen LogP contribution in [-0.4, -0.2) is 59.3 Å². The molecule has 21 heavy (non-hydrogen) atoms. The van der Waals surface area contributed by atoms with Gasteiger partial charge in [0, 0.05) is 38.3 Å². The van der Waals surface area contributed by atoms with Crippen LogP contribution in [0.15, 0.2) is 0 Å². The van der Waals surface area contributed by atoms with Gasteiger partial charge >= 0.3 is 0 Å². The molecule has 3 unspecified atom stereocenters. The molecular formula is C18H34N2O. The first-order valence-electron chi connectivity index (χ1n) is 9.31. The lowest BCUT2D eigenvalue weighted by Gasteiger charge is -2.46. The Bertz CT molecular complexity index is 319. The first-order chi connectivity index (χ1) is 10.1. The minimum absolute atomic E-state index is 0.0852. The first kappa shape index (κ1) is 15.8. The molecule has 3 aliphatic rings. The van der Waals surface area contributed by atoms with Crippen molar-refractivity contribution >= 4 is 0 Å². The minimum Gasteiger partial charge on any atom is -0.391 e. The van der Waals surface area contributed by atoms with Crippen molar-refractivity contribution in [2.75, 3.05) is 26.2 Å². The van der Waals surface area contributed by atoms with Crippen LogP contribution in [0.5, 0.6) is 0 Å². The maximum atomic E-state index is 10.4. The molecule has 0 bridgehead atoms. The zero-order valence-corrected chi connectivity index (χ0v) is 14.0. The van der Waals surface area contributed by atoms with E-state index in [1.165, 1.54) is 64.7 Å². The summed E-state index contributed by atoms with van der Waals surface area (Å²) in [4.78, 5) is 5.32. The van der Waals surface area contributed by atoms with E-state index in [0.29, 0.717) is 6.04 Å². The van der Waals surface area contributed by atoms with E-state index in [2.05, 4.69) is 23.6 Å². The second-order valence-corrected chi connectivity index (χ2v) is 7.96. The molecule has 122 valence electrons. The summed E-state index contributed by atoms with van der Waals surface area (Å²) in [5.41, 5.74) is 0. The molecule has 0 spiro atoms. The number of hydrogen-bond donors (Lipinski definition) is 1. The average Bonchev–Trinajstić information content (AvgIpc) is 3.02. The van der Waals surface area contributed by atoms with Crippen molar-refractivity contribution in [2.45, 2.75) is 77.0 Å². The first-order valence-corrected chi connectivity index (χ1v) is 9.31. The van der Waals surface area contributed by atoms with E-state index >= 15 is 0 Å². The molecule has 1 heterocycles. The van der Waals surface area contributed by atoms with Crippen LogP contribution in [0.3, 0.4) is 0 Å². The minimum atomic E-state index is -0.0852. The fraction of sp³-hybridized carbons (Fsp3) is 1.00. The van der Waals surface area contributed by atoms with E-state index in [4.69, 9.17) is 0 Å². The molecule has 1 saturated heterocycles. The van der Waals surface area contributed by atoms with E-state index < -0.39 is 0 Å². The van der Waals surface area contributed by atoms with Gasteiger partial charge in [0.25, 0.3) is 0 Å². The van der Waals surface area contributed by atoms with Crippen LogP contribution >= 0.6 is 0 Å². The van der Waals surface area contributed by atoms with E-state index in [1.54, 1.807) is 0 Å². The lowest BCUT2D eigenvalue weighted by atomic mass is 9.77. The van der Waals surface area contributed by atoms with Gasteiger partial charge < -0.3 is 5.11 Å². The Labute approximate surface area is 130 Å². The summed E-state index contributed by atoms with van der Waals surface area (Å²) < 4.78 is 0. The third kappa shape index (κ3) is 3.62. The normalized spacial score (nSPS) is 37.4. The van der Waals surface area contributed by atoms with Crippen LogP contribution in [0.25, 0.3) is 0 Å². The van der Waals surface area contributed by atoms with Crippen LogP contribution in [0, 0.1) is 11.8 Å². The molecule has 0 radical (unpaired) electrons. The fourth-order valence-corrected chi connectivity index (χ4v) is 4.86. The van der Waals surface area contributed by atoms with Crippen molar-refractivity contribution in [3.8, 4) is 0 Å². The zero-order chi connectivity index (χ0) is 14.8. The van der Waals surface area contributed by atoms with E-state index in [1.807, 2.05) is 0 Å². The van der Waals surface area contributed by atoms with Crippen molar-refractivity contribution in [1.29, 1.82) is 0 Å². The van der Waals surface area contributed by atoms with Gasteiger partial charge in [-0.15, -0.1) is 0 Å². The van der Waals surface area contributed by atoms with Gasteiger partial charge in [0.05, 0.1) is 6.10 Å². The lowest BCUT2D eigenvalue weighted by Crippen LogP contribution is -2.56. The second-order valence-electron chi connectivity index (χ2n) is 7.96. The van der Waals surface area contributed by atoms with Crippen LogP contribution in [-0.2, 0) is 0 Å². The monoisotopic (exact) mass is 294 g/mol. The molecule has 1 aliphatic heterocycles. The quantitative estimate of drug-likeness (QED) is 0.867. The number of aliphatic hydroxyl groups is 1. The summed E-state index contributed by atoms with van der Waals surface area (Å²) in [7, 11) is 0. The summed E-state index contributed by atoms with van der Waals surface area (Å²) in [6, 6.07) is 1.30. The highest BCUT2D eigenvalue weighted by atomic mass is 16.3. The molecule has 3 fully saturated rings. The molecule has 3 atom stereocenters. The third-order valence-corrected chi connectivity index (χ3v) is 6.42. The third-order valence-electron chi connectivity index (χ3n) is 6.42. The van der Waals surface area contributed by atoms with Crippen molar-refractivity contribution in [3.63, 3.8) is 0 Å². The molecule has 0 amide bonds. The predicted octanol–water partition coefficient (Wildman–Crippen LogP) is 2.73. The van der Waals surface area contributed by atoms with Gasteiger partial charge in [-0.2, -0.15) is 0 Å². The highest BCUT2D eigenvalue weighted by Gasteiger charge is 2.36. The number of piperazine rings is 1. The molecule has 1 N–H and O–H groups in total. The Morgan fingerprint density at radius 2 is 1.48 bits per heavy atom. The van der Waals surface area contributed by atoms with E-state index in [-0.39, 0.29) is 6.10 Å². The topological polar surface area (TPSA) is 26.7 Å². The highest BCUT2D eigenvalue weighted by molar-refractivity contribution is 4.91. The largest absolute Gasteiger partial charge is 0.391 e. The Hall–Kier alpha value is -0.120. The predicted molar refractivity (Wildman–Crippen MR) is 87.4 cm³/mol. The summed E-state index contributed by atoms with van der Waals surface area (Å²) in [5.74, 6) is 1.58. The van der Waals surface area contributed by atoms with Gasteiger partial charge in [-0.25, -0.2) is 0 Å². The molecule has 0 aromatic heterocycles. The number of hydrogen-bond acceptors (Lipinski definition) is 3. The van der Waals surface area contributed by atoms with Gasteiger partial charge in [-0.1, -0.05) is 26.7 Å². The van der Waals surface area contributed by atoms with Gasteiger partial charge in [0.15, 0.2) is 0 Å². The maximum Gasteiger partial charge on any atom is 0.0695 e. The van der Waals surface area contributed by atoms with Gasteiger partial charge in [0.2, 0.25) is 0 Å². The summed E-state index contributed by atoms with van der Waals surface area (Å²) >= 11 is 0. The molecule has 3 rings (SSSR count). The zero-order valence-electron chi connectivity index (χ0n) is 14.0. The SMILES string of the molecule is CC(C)C1CCC(O)C(N2CCN(C3CCCC3)CC2)C1. The Morgan fingerprint density at radius 1 is 0.857 bits per heavy atom. The molecule has 0 aromatic rings. The Morgan fingerprint density at radius 3 is 2.10 bits per heavy atom. The van der Waals surface area contributed by atoms with Crippen molar-refractivity contribution < 1.29 is 5.11 Å². The van der Waals surface area contributed by atoms with E-state index in [0.717, 1.165) is 24.3 Å².